The van der Waals surface area contributed by atoms with Crippen LogP contribution in [-0.4, -0.2) is 44.6 Å². The standard InChI is InChI=1S/C24H30N6O/c1-5-8-9-17(4)21-11-13-30-23(29-21)20(16-28-30)22-14-18(10-12-26-22)24(31)27-15-19(6-2)25-7-3/h5,8-14,16,19,25H,6-7,15H2,1-4H3,(H,27,31)/b8-5-,17-9+. The van der Waals surface area contributed by atoms with Crippen LogP contribution in [0.15, 0.2) is 55.0 Å². The highest BCUT2D eigenvalue weighted by Crippen LogP contribution is 2.23. The van der Waals surface area contributed by atoms with Crippen molar-refractivity contribution in [3.63, 3.8) is 0 Å². The third kappa shape index (κ3) is 5.44. The third-order valence-electron chi connectivity index (χ3n) is 5.10. The normalized spacial score (nSPS) is 13.1. The van der Waals surface area contributed by atoms with E-state index in [9.17, 15) is 4.79 Å². The van der Waals surface area contributed by atoms with E-state index in [1.165, 1.54) is 0 Å². The maximum absolute atomic E-state index is 12.7. The Morgan fingerprint density at radius 3 is 2.87 bits per heavy atom. The first kappa shape index (κ1) is 22.4. The van der Waals surface area contributed by atoms with Crippen molar-refractivity contribution in [1.82, 2.24) is 30.2 Å². The quantitative estimate of drug-likeness (QED) is 0.515. The molecule has 2 N–H and O–H groups in total. The Balaban J connectivity index is 1.87. The molecule has 0 aromatic carbocycles. The fourth-order valence-corrected chi connectivity index (χ4v) is 3.28. The summed E-state index contributed by atoms with van der Waals surface area (Å²) in [4.78, 5) is 21.9. The van der Waals surface area contributed by atoms with E-state index < -0.39 is 0 Å². The number of nitrogens with zero attached hydrogens (tertiary/aromatic N) is 4. The molecule has 3 rings (SSSR count). The molecule has 31 heavy (non-hydrogen) atoms. The predicted molar refractivity (Wildman–Crippen MR) is 125 cm³/mol. The van der Waals surface area contributed by atoms with E-state index in [-0.39, 0.29) is 11.9 Å². The molecule has 0 bridgehead atoms. The maximum Gasteiger partial charge on any atom is 0.251 e. The number of carbonyl (C=O) groups excluding carboxylic acids is 1. The minimum atomic E-state index is -0.116. The van der Waals surface area contributed by atoms with Gasteiger partial charge >= 0.3 is 0 Å². The first-order chi connectivity index (χ1) is 15.1. The Labute approximate surface area is 183 Å². The lowest BCUT2D eigenvalue weighted by Crippen LogP contribution is -2.40. The predicted octanol–water partition coefficient (Wildman–Crippen LogP) is 3.89. The van der Waals surface area contributed by atoms with Crippen molar-refractivity contribution in [2.24, 2.45) is 0 Å². The van der Waals surface area contributed by atoms with Crippen molar-refractivity contribution in [3.8, 4) is 11.3 Å². The molecule has 0 aliphatic heterocycles. The van der Waals surface area contributed by atoms with Gasteiger partial charge in [-0.05, 0) is 50.6 Å². The van der Waals surface area contributed by atoms with Crippen LogP contribution in [0, 0.1) is 0 Å². The Hall–Kier alpha value is -3.32. The molecule has 0 saturated carbocycles. The van der Waals surface area contributed by atoms with Crippen molar-refractivity contribution in [3.05, 3.63) is 66.3 Å². The zero-order valence-electron chi connectivity index (χ0n) is 18.6. The van der Waals surface area contributed by atoms with Crippen molar-refractivity contribution in [2.45, 2.75) is 40.2 Å². The Morgan fingerprint density at radius 1 is 1.29 bits per heavy atom. The second kappa shape index (κ2) is 10.6. The molecule has 0 saturated heterocycles. The second-order valence-electron chi connectivity index (χ2n) is 7.32. The molecule has 0 spiro atoms. The van der Waals surface area contributed by atoms with E-state index in [0.717, 1.165) is 29.8 Å². The molecule has 1 amide bonds. The molecule has 0 fully saturated rings. The number of likely N-dealkylation sites (N-methyl/N-ethyl adjacent to an activating group) is 1. The molecule has 1 atom stereocenters. The third-order valence-corrected chi connectivity index (χ3v) is 5.10. The number of pyridine rings is 1. The van der Waals surface area contributed by atoms with Crippen molar-refractivity contribution in [2.75, 3.05) is 13.1 Å². The summed E-state index contributed by atoms with van der Waals surface area (Å²) in [5.74, 6) is -0.116. The van der Waals surface area contributed by atoms with Crippen LogP contribution in [0.4, 0.5) is 0 Å². The number of fused-ring (bicyclic) bond motifs is 1. The highest BCUT2D eigenvalue weighted by Gasteiger charge is 2.14. The smallest absolute Gasteiger partial charge is 0.251 e. The van der Waals surface area contributed by atoms with Gasteiger partial charge in [0, 0.05) is 30.5 Å². The van der Waals surface area contributed by atoms with E-state index in [1.807, 2.05) is 44.3 Å². The monoisotopic (exact) mass is 418 g/mol. The van der Waals surface area contributed by atoms with Crippen LogP contribution in [0.2, 0.25) is 0 Å². The zero-order valence-corrected chi connectivity index (χ0v) is 18.6. The van der Waals surface area contributed by atoms with E-state index in [4.69, 9.17) is 4.98 Å². The fraction of sp³-hybridized carbons (Fsp3) is 0.333. The van der Waals surface area contributed by atoms with Crippen molar-refractivity contribution >= 4 is 17.1 Å². The van der Waals surface area contributed by atoms with Gasteiger partial charge in [-0.1, -0.05) is 32.1 Å². The first-order valence-corrected chi connectivity index (χ1v) is 10.7. The van der Waals surface area contributed by atoms with Gasteiger partial charge in [0.05, 0.1) is 23.1 Å². The van der Waals surface area contributed by atoms with Gasteiger partial charge in [0.25, 0.3) is 5.91 Å². The van der Waals surface area contributed by atoms with Crippen molar-refractivity contribution in [1.29, 1.82) is 0 Å². The number of nitrogens with one attached hydrogen (secondary N) is 2. The summed E-state index contributed by atoms with van der Waals surface area (Å²) in [5, 5.41) is 10.8. The molecule has 0 radical (unpaired) electrons. The number of carbonyl (C=O) groups is 1. The van der Waals surface area contributed by atoms with Crippen molar-refractivity contribution < 1.29 is 4.79 Å². The molecule has 7 heteroatoms. The minimum Gasteiger partial charge on any atom is -0.350 e. The first-order valence-electron chi connectivity index (χ1n) is 10.7. The number of aromatic nitrogens is 4. The second-order valence-corrected chi connectivity index (χ2v) is 7.32. The lowest BCUT2D eigenvalue weighted by Gasteiger charge is -2.16. The van der Waals surface area contributed by atoms with Crippen LogP contribution < -0.4 is 10.6 Å². The van der Waals surface area contributed by atoms with E-state index in [1.54, 1.807) is 29.0 Å². The molecule has 3 aromatic heterocycles. The number of hydrogen-bond acceptors (Lipinski definition) is 5. The molecule has 162 valence electrons. The average molecular weight is 419 g/mol. The molecular weight excluding hydrogens is 388 g/mol. The summed E-state index contributed by atoms with van der Waals surface area (Å²) in [5.41, 5.74) is 4.65. The van der Waals surface area contributed by atoms with E-state index in [0.29, 0.717) is 23.4 Å². The van der Waals surface area contributed by atoms with Crippen LogP contribution in [0.25, 0.3) is 22.5 Å². The summed E-state index contributed by atoms with van der Waals surface area (Å²) in [6.07, 6.45) is 12.2. The molecule has 0 aliphatic rings. The minimum absolute atomic E-state index is 0.116. The Morgan fingerprint density at radius 2 is 2.13 bits per heavy atom. The number of allylic oxidation sites excluding steroid dienone is 4. The SMILES string of the molecule is C/C=C\C=C(/C)c1ccn2ncc(-c3cc(C(=O)NCC(CC)NCC)ccn3)c2n1. The fourth-order valence-electron chi connectivity index (χ4n) is 3.28. The van der Waals surface area contributed by atoms with Gasteiger partial charge in [-0.15, -0.1) is 0 Å². The van der Waals surface area contributed by atoms with Gasteiger partial charge in [0.15, 0.2) is 5.65 Å². The summed E-state index contributed by atoms with van der Waals surface area (Å²) in [6.45, 7) is 9.63. The van der Waals surface area contributed by atoms with Gasteiger partial charge in [0.1, 0.15) is 0 Å². The zero-order chi connectivity index (χ0) is 22.2. The summed E-state index contributed by atoms with van der Waals surface area (Å²) >= 11 is 0. The number of rotatable bonds is 9. The van der Waals surface area contributed by atoms with Crippen LogP contribution in [-0.2, 0) is 0 Å². The maximum atomic E-state index is 12.7. The Bertz CT molecular complexity index is 1100. The van der Waals surface area contributed by atoms with Crippen LogP contribution >= 0.6 is 0 Å². The highest BCUT2D eigenvalue weighted by molar-refractivity contribution is 5.95. The van der Waals surface area contributed by atoms with Gasteiger partial charge in [-0.25, -0.2) is 9.50 Å². The topological polar surface area (TPSA) is 84.2 Å². The van der Waals surface area contributed by atoms with Crippen LogP contribution in [0.1, 0.15) is 50.2 Å². The summed E-state index contributed by atoms with van der Waals surface area (Å²) < 4.78 is 1.72. The van der Waals surface area contributed by atoms with Gasteiger partial charge < -0.3 is 10.6 Å². The van der Waals surface area contributed by atoms with Gasteiger partial charge in [-0.3, -0.25) is 9.78 Å². The van der Waals surface area contributed by atoms with Gasteiger partial charge in [0.2, 0.25) is 0 Å². The lowest BCUT2D eigenvalue weighted by atomic mass is 10.1. The number of amides is 1. The molecule has 3 heterocycles. The molecule has 3 aromatic rings. The van der Waals surface area contributed by atoms with Crippen LogP contribution in [0.3, 0.4) is 0 Å². The molecular formula is C24H30N6O. The van der Waals surface area contributed by atoms with Crippen LogP contribution in [0.5, 0.6) is 0 Å². The summed E-state index contributed by atoms with van der Waals surface area (Å²) in [7, 11) is 0. The lowest BCUT2D eigenvalue weighted by molar-refractivity contribution is 0.0949. The molecule has 7 nitrogen and oxygen atoms in total. The van der Waals surface area contributed by atoms with E-state index in [2.05, 4.69) is 34.6 Å². The summed E-state index contributed by atoms with van der Waals surface area (Å²) in [6, 6.07) is 5.71. The van der Waals surface area contributed by atoms with Gasteiger partial charge in [-0.2, -0.15) is 5.10 Å². The Kier molecular flexibility index (Phi) is 7.67. The molecule has 0 aliphatic carbocycles. The number of hydrogen-bond donors (Lipinski definition) is 2. The molecule has 1 unspecified atom stereocenters. The largest absolute Gasteiger partial charge is 0.350 e. The highest BCUT2D eigenvalue weighted by atomic mass is 16.1. The average Bonchev–Trinajstić information content (AvgIpc) is 3.23. The van der Waals surface area contributed by atoms with E-state index >= 15 is 0 Å².